The summed E-state index contributed by atoms with van der Waals surface area (Å²) in [5, 5.41) is 0. The summed E-state index contributed by atoms with van der Waals surface area (Å²) in [7, 11) is 0. The minimum absolute atomic E-state index is 0.175. The highest BCUT2D eigenvalue weighted by Crippen LogP contribution is 2.22. The van der Waals surface area contributed by atoms with Crippen molar-refractivity contribution in [2.45, 2.75) is 6.92 Å². The Labute approximate surface area is 99.5 Å². The van der Waals surface area contributed by atoms with E-state index < -0.39 is 0 Å². The predicted octanol–water partition coefficient (Wildman–Crippen LogP) is 1.71. The van der Waals surface area contributed by atoms with Gasteiger partial charge >= 0.3 is 0 Å². The van der Waals surface area contributed by atoms with Gasteiger partial charge in [-0.15, -0.1) is 0 Å². The van der Waals surface area contributed by atoms with E-state index in [0.29, 0.717) is 18.1 Å². The van der Waals surface area contributed by atoms with Crippen LogP contribution >= 0.6 is 0 Å². The molecule has 0 fully saturated rings. The molecule has 1 aromatic heterocycles. The van der Waals surface area contributed by atoms with Crippen molar-refractivity contribution in [1.82, 2.24) is 9.97 Å². The zero-order valence-corrected chi connectivity index (χ0v) is 9.55. The maximum Gasteiger partial charge on any atom is 0.222 e. The van der Waals surface area contributed by atoms with Crippen LogP contribution < -0.4 is 16.2 Å². The van der Waals surface area contributed by atoms with E-state index in [-0.39, 0.29) is 5.95 Å². The van der Waals surface area contributed by atoms with Gasteiger partial charge in [0, 0.05) is 11.6 Å². The van der Waals surface area contributed by atoms with E-state index in [1.807, 2.05) is 31.2 Å². The Morgan fingerprint density at radius 1 is 1.12 bits per heavy atom. The van der Waals surface area contributed by atoms with E-state index in [2.05, 4.69) is 9.97 Å². The number of nitrogens with zero attached hydrogens (tertiary/aromatic N) is 2. The summed E-state index contributed by atoms with van der Waals surface area (Å²) in [6.07, 6.45) is 0. The minimum Gasteiger partial charge on any atom is -0.494 e. The Bertz CT molecular complexity index is 490. The Kier molecular flexibility index (Phi) is 3.09. The van der Waals surface area contributed by atoms with Gasteiger partial charge in [0.1, 0.15) is 11.6 Å². The maximum atomic E-state index is 5.62. The largest absolute Gasteiger partial charge is 0.494 e. The molecule has 4 N–H and O–H groups in total. The third kappa shape index (κ3) is 2.63. The van der Waals surface area contributed by atoms with E-state index in [9.17, 15) is 0 Å². The molecule has 0 bridgehead atoms. The molecular formula is C12H14N4O. The van der Waals surface area contributed by atoms with Crippen molar-refractivity contribution in [2.24, 2.45) is 0 Å². The molecule has 0 amide bonds. The van der Waals surface area contributed by atoms with Gasteiger partial charge in [0.2, 0.25) is 5.95 Å². The van der Waals surface area contributed by atoms with Crippen LogP contribution in [0.4, 0.5) is 11.8 Å². The van der Waals surface area contributed by atoms with Crippen LogP contribution in [0, 0.1) is 0 Å². The lowest BCUT2D eigenvalue weighted by Gasteiger charge is -2.05. The van der Waals surface area contributed by atoms with Crippen LogP contribution in [0.5, 0.6) is 5.75 Å². The Morgan fingerprint density at radius 3 is 2.41 bits per heavy atom. The van der Waals surface area contributed by atoms with Crippen molar-refractivity contribution in [3.63, 3.8) is 0 Å². The molecule has 2 rings (SSSR count). The van der Waals surface area contributed by atoms with Gasteiger partial charge in [-0.25, -0.2) is 4.98 Å². The number of ether oxygens (including phenoxy) is 1. The van der Waals surface area contributed by atoms with Gasteiger partial charge in [-0.1, -0.05) is 0 Å². The first-order valence-electron chi connectivity index (χ1n) is 5.32. The fraction of sp³-hybridized carbons (Fsp3) is 0.167. The lowest BCUT2D eigenvalue weighted by Crippen LogP contribution is -2.00. The van der Waals surface area contributed by atoms with Crippen LogP contribution in [-0.4, -0.2) is 16.6 Å². The van der Waals surface area contributed by atoms with Crippen LogP contribution in [-0.2, 0) is 0 Å². The highest BCUT2D eigenvalue weighted by molar-refractivity contribution is 5.63. The summed E-state index contributed by atoms with van der Waals surface area (Å²) < 4.78 is 5.36. The van der Waals surface area contributed by atoms with Crippen molar-refractivity contribution in [3.05, 3.63) is 30.3 Å². The Morgan fingerprint density at radius 2 is 1.82 bits per heavy atom. The number of hydrogen-bond donors (Lipinski definition) is 2. The van der Waals surface area contributed by atoms with Crippen LogP contribution in [0.3, 0.4) is 0 Å². The smallest absolute Gasteiger partial charge is 0.222 e. The molecule has 0 unspecified atom stereocenters. The number of nitrogen functional groups attached to an aromatic ring is 2. The molecule has 17 heavy (non-hydrogen) atoms. The average molecular weight is 230 g/mol. The number of anilines is 2. The molecular weight excluding hydrogens is 216 g/mol. The third-order valence-electron chi connectivity index (χ3n) is 2.22. The van der Waals surface area contributed by atoms with Crippen molar-refractivity contribution in [3.8, 4) is 17.0 Å². The molecule has 0 radical (unpaired) electrons. The lowest BCUT2D eigenvalue weighted by molar-refractivity contribution is 0.340. The second kappa shape index (κ2) is 4.69. The molecule has 0 aliphatic rings. The summed E-state index contributed by atoms with van der Waals surface area (Å²) in [6, 6.07) is 9.27. The Balaban J connectivity index is 2.32. The first-order valence-corrected chi connectivity index (χ1v) is 5.32. The number of aromatic nitrogens is 2. The van der Waals surface area contributed by atoms with Gasteiger partial charge in [-0.2, -0.15) is 4.98 Å². The molecule has 2 aromatic rings. The molecule has 0 aliphatic carbocycles. The van der Waals surface area contributed by atoms with Gasteiger partial charge in [-0.05, 0) is 31.2 Å². The Hall–Kier alpha value is -2.30. The maximum absolute atomic E-state index is 5.62. The normalized spacial score (nSPS) is 10.2. The number of rotatable bonds is 3. The zero-order valence-electron chi connectivity index (χ0n) is 9.55. The SMILES string of the molecule is CCOc1ccc(-c2cc(N)nc(N)n2)cc1. The fourth-order valence-corrected chi connectivity index (χ4v) is 1.52. The molecule has 0 spiro atoms. The first-order chi connectivity index (χ1) is 8.19. The summed E-state index contributed by atoms with van der Waals surface area (Å²) >= 11 is 0. The first kappa shape index (κ1) is 11.2. The molecule has 88 valence electrons. The van der Waals surface area contributed by atoms with Gasteiger partial charge in [0.15, 0.2) is 0 Å². The van der Waals surface area contributed by atoms with Crippen molar-refractivity contribution >= 4 is 11.8 Å². The van der Waals surface area contributed by atoms with E-state index in [1.165, 1.54) is 0 Å². The van der Waals surface area contributed by atoms with E-state index in [0.717, 1.165) is 11.3 Å². The van der Waals surface area contributed by atoms with Crippen LogP contribution in [0.25, 0.3) is 11.3 Å². The molecule has 1 heterocycles. The third-order valence-corrected chi connectivity index (χ3v) is 2.22. The van der Waals surface area contributed by atoms with Gasteiger partial charge in [0.05, 0.1) is 12.3 Å². The molecule has 0 atom stereocenters. The predicted molar refractivity (Wildman–Crippen MR) is 67.5 cm³/mol. The molecule has 5 nitrogen and oxygen atoms in total. The second-order valence-corrected chi connectivity index (χ2v) is 3.49. The lowest BCUT2D eigenvalue weighted by atomic mass is 10.1. The molecule has 1 aromatic carbocycles. The highest BCUT2D eigenvalue weighted by atomic mass is 16.5. The minimum atomic E-state index is 0.175. The van der Waals surface area contributed by atoms with Crippen LogP contribution in [0.15, 0.2) is 30.3 Å². The second-order valence-electron chi connectivity index (χ2n) is 3.49. The van der Waals surface area contributed by atoms with E-state index in [4.69, 9.17) is 16.2 Å². The van der Waals surface area contributed by atoms with Crippen molar-refractivity contribution < 1.29 is 4.74 Å². The van der Waals surface area contributed by atoms with Crippen LogP contribution in [0.2, 0.25) is 0 Å². The molecule has 5 heteroatoms. The fourth-order valence-electron chi connectivity index (χ4n) is 1.52. The summed E-state index contributed by atoms with van der Waals surface area (Å²) in [5.74, 6) is 1.36. The molecule has 0 saturated carbocycles. The number of nitrogens with two attached hydrogens (primary N) is 2. The van der Waals surface area contributed by atoms with Crippen molar-refractivity contribution in [1.29, 1.82) is 0 Å². The quantitative estimate of drug-likeness (QED) is 0.838. The number of hydrogen-bond acceptors (Lipinski definition) is 5. The molecule has 0 aliphatic heterocycles. The summed E-state index contributed by atoms with van der Waals surface area (Å²) in [5.41, 5.74) is 12.8. The summed E-state index contributed by atoms with van der Waals surface area (Å²) in [4.78, 5) is 7.95. The number of benzene rings is 1. The topological polar surface area (TPSA) is 87.0 Å². The van der Waals surface area contributed by atoms with E-state index >= 15 is 0 Å². The highest BCUT2D eigenvalue weighted by Gasteiger charge is 2.03. The average Bonchev–Trinajstić information content (AvgIpc) is 2.29. The van der Waals surface area contributed by atoms with Gasteiger partial charge in [0.25, 0.3) is 0 Å². The van der Waals surface area contributed by atoms with E-state index in [1.54, 1.807) is 6.07 Å². The van der Waals surface area contributed by atoms with Crippen molar-refractivity contribution in [2.75, 3.05) is 18.1 Å². The van der Waals surface area contributed by atoms with Gasteiger partial charge in [-0.3, -0.25) is 0 Å². The zero-order chi connectivity index (χ0) is 12.3. The molecule has 0 saturated heterocycles. The van der Waals surface area contributed by atoms with Crippen LogP contribution in [0.1, 0.15) is 6.92 Å². The standard InChI is InChI=1S/C12H14N4O/c1-2-17-9-5-3-8(4-6-9)10-7-11(13)16-12(14)15-10/h3-7H,2H2,1H3,(H4,13,14,15,16). The summed E-state index contributed by atoms with van der Waals surface area (Å²) in [6.45, 7) is 2.59. The monoisotopic (exact) mass is 230 g/mol. The van der Waals surface area contributed by atoms with Gasteiger partial charge < -0.3 is 16.2 Å².